The second-order valence-electron chi connectivity index (χ2n) is 8.79. The van der Waals surface area contributed by atoms with Gasteiger partial charge in [0.2, 0.25) is 11.7 Å². The van der Waals surface area contributed by atoms with E-state index in [0.29, 0.717) is 18.1 Å². The molecule has 0 fully saturated rings. The fraction of sp³-hybridized carbons (Fsp3) is 0.348. The first kappa shape index (κ1) is 19.2. The van der Waals surface area contributed by atoms with Crippen molar-refractivity contribution >= 4 is 17.3 Å². The molecular formula is C23H26N4O2. The standard InChI is InChI=1S/C23H26N4O2/c1-14-11-17(6-8-18(14)24-13-23(2,3)4)22-26-21(27-29-22)16-5-9-19-15(12-16)7-10-20(28)25-19/h5-6,8-9,11-12,24H,7,10,13H2,1-4H3,(H,25,28). The van der Waals surface area contributed by atoms with Gasteiger partial charge >= 0.3 is 0 Å². The molecular weight excluding hydrogens is 364 g/mol. The summed E-state index contributed by atoms with van der Waals surface area (Å²) in [6.45, 7) is 9.59. The van der Waals surface area contributed by atoms with Crippen LogP contribution >= 0.6 is 0 Å². The Balaban J connectivity index is 1.55. The molecule has 6 nitrogen and oxygen atoms in total. The summed E-state index contributed by atoms with van der Waals surface area (Å²) in [4.78, 5) is 16.1. The lowest BCUT2D eigenvalue weighted by molar-refractivity contribution is -0.116. The minimum atomic E-state index is 0.0582. The highest BCUT2D eigenvalue weighted by Crippen LogP contribution is 2.30. The number of anilines is 2. The van der Waals surface area contributed by atoms with Gasteiger partial charge in [-0.15, -0.1) is 0 Å². The number of nitrogens with zero attached hydrogens (tertiary/aromatic N) is 2. The maximum atomic E-state index is 11.5. The molecule has 0 unspecified atom stereocenters. The zero-order valence-electron chi connectivity index (χ0n) is 17.3. The van der Waals surface area contributed by atoms with E-state index in [1.54, 1.807) is 0 Å². The predicted octanol–water partition coefficient (Wildman–Crippen LogP) is 5.05. The summed E-state index contributed by atoms with van der Waals surface area (Å²) in [6.07, 6.45) is 1.23. The molecule has 1 aliphatic heterocycles. The number of amides is 1. The van der Waals surface area contributed by atoms with Crippen molar-refractivity contribution in [2.45, 2.75) is 40.5 Å². The van der Waals surface area contributed by atoms with Gasteiger partial charge in [0.1, 0.15) is 0 Å². The van der Waals surface area contributed by atoms with E-state index in [0.717, 1.165) is 46.6 Å². The molecule has 4 rings (SSSR count). The zero-order chi connectivity index (χ0) is 20.6. The van der Waals surface area contributed by atoms with Crippen molar-refractivity contribution in [2.75, 3.05) is 17.2 Å². The number of aryl methyl sites for hydroxylation is 2. The molecule has 1 aliphatic rings. The largest absolute Gasteiger partial charge is 0.384 e. The van der Waals surface area contributed by atoms with E-state index in [-0.39, 0.29) is 11.3 Å². The van der Waals surface area contributed by atoms with E-state index in [1.165, 1.54) is 0 Å². The number of benzene rings is 2. The molecule has 2 aromatic carbocycles. The molecule has 0 saturated carbocycles. The van der Waals surface area contributed by atoms with Crippen molar-refractivity contribution < 1.29 is 9.32 Å². The SMILES string of the molecule is Cc1cc(-c2nc(-c3ccc4c(c3)CCC(=O)N4)no2)ccc1NCC(C)(C)C. The van der Waals surface area contributed by atoms with Crippen molar-refractivity contribution in [1.82, 2.24) is 10.1 Å². The average Bonchev–Trinajstić information content (AvgIpc) is 3.16. The van der Waals surface area contributed by atoms with Gasteiger partial charge in [0.05, 0.1) is 0 Å². The number of fused-ring (bicyclic) bond motifs is 1. The van der Waals surface area contributed by atoms with E-state index in [9.17, 15) is 4.79 Å². The first-order valence-electron chi connectivity index (χ1n) is 9.90. The average molecular weight is 390 g/mol. The first-order chi connectivity index (χ1) is 13.8. The lowest BCUT2D eigenvalue weighted by Crippen LogP contribution is -2.19. The Morgan fingerprint density at radius 3 is 2.66 bits per heavy atom. The number of carbonyl (C=O) groups excluding carboxylic acids is 1. The maximum Gasteiger partial charge on any atom is 0.258 e. The van der Waals surface area contributed by atoms with Crippen molar-refractivity contribution in [3.8, 4) is 22.8 Å². The van der Waals surface area contributed by atoms with Crippen LogP contribution in [0.15, 0.2) is 40.9 Å². The highest BCUT2D eigenvalue weighted by molar-refractivity contribution is 5.94. The summed E-state index contributed by atoms with van der Waals surface area (Å²) in [6, 6.07) is 11.9. The predicted molar refractivity (Wildman–Crippen MR) is 115 cm³/mol. The highest BCUT2D eigenvalue weighted by atomic mass is 16.5. The van der Waals surface area contributed by atoms with Crippen molar-refractivity contribution in [3.05, 3.63) is 47.5 Å². The Bertz CT molecular complexity index is 1060. The van der Waals surface area contributed by atoms with Crippen LogP contribution in [0.3, 0.4) is 0 Å². The van der Waals surface area contributed by atoms with Crippen LogP contribution in [-0.2, 0) is 11.2 Å². The molecule has 0 atom stereocenters. The lowest BCUT2D eigenvalue weighted by Gasteiger charge is -2.20. The van der Waals surface area contributed by atoms with E-state index in [4.69, 9.17) is 4.52 Å². The van der Waals surface area contributed by atoms with Gasteiger partial charge in [0.15, 0.2) is 0 Å². The first-order valence-corrected chi connectivity index (χ1v) is 9.90. The Kier molecular flexibility index (Phi) is 4.86. The monoisotopic (exact) mass is 390 g/mol. The molecule has 0 saturated heterocycles. The van der Waals surface area contributed by atoms with Crippen LogP contribution in [0.4, 0.5) is 11.4 Å². The summed E-state index contributed by atoms with van der Waals surface area (Å²) < 4.78 is 5.52. The molecule has 2 N–H and O–H groups in total. The minimum Gasteiger partial charge on any atom is -0.384 e. The highest BCUT2D eigenvalue weighted by Gasteiger charge is 2.18. The van der Waals surface area contributed by atoms with Crippen LogP contribution in [0.25, 0.3) is 22.8 Å². The van der Waals surface area contributed by atoms with E-state index in [1.807, 2.05) is 24.3 Å². The minimum absolute atomic E-state index is 0.0582. The molecule has 150 valence electrons. The van der Waals surface area contributed by atoms with E-state index < -0.39 is 0 Å². The quantitative estimate of drug-likeness (QED) is 0.651. The van der Waals surface area contributed by atoms with Gasteiger partial charge in [0, 0.05) is 35.5 Å². The van der Waals surface area contributed by atoms with Gasteiger partial charge in [-0.25, -0.2) is 0 Å². The molecule has 1 aromatic heterocycles. The topological polar surface area (TPSA) is 80.1 Å². The number of carbonyl (C=O) groups is 1. The van der Waals surface area contributed by atoms with Gasteiger partial charge in [0.25, 0.3) is 5.89 Å². The van der Waals surface area contributed by atoms with Crippen LogP contribution in [0.2, 0.25) is 0 Å². The fourth-order valence-corrected chi connectivity index (χ4v) is 3.34. The van der Waals surface area contributed by atoms with Crippen molar-refractivity contribution in [2.24, 2.45) is 5.41 Å². The van der Waals surface area contributed by atoms with Gasteiger partial charge in [-0.1, -0.05) is 25.9 Å². The summed E-state index contributed by atoms with van der Waals surface area (Å²) in [5.41, 5.74) is 6.20. The molecule has 0 radical (unpaired) electrons. The van der Waals surface area contributed by atoms with Crippen molar-refractivity contribution in [1.29, 1.82) is 0 Å². The maximum absolute atomic E-state index is 11.5. The fourth-order valence-electron chi connectivity index (χ4n) is 3.34. The molecule has 0 spiro atoms. The normalized spacial score (nSPS) is 13.7. The van der Waals surface area contributed by atoms with Crippen LogP contribution in [0.5, 0.6) is 0 Å². The summed E-state index contributed by atoms with van der Waals surface area (Å²) in [7, 11) is 0. The Hall–Kier alpha value is -3.15. The number of nitrogens with one attached hydrogen (secondary N) is 2. The third kappa shape index (κ3) is 4.31. The van der Waals surface area contributed by atoms with Gasteiger partial charge < -0.3 is 15.2 Å². The number of hydrogen-bond donors (Lipinski definition) is 2. The second-order valence-corrected chi connectivity index (χ2v) is 8.79. The van der Waals surface area contributed by atoms with Crippen LogP contribution in [0.1, 0.15) is 38.3 Å². The Morgan fingerprint density at radius 2 is 1.90 bits per heavy atom. The molecule has 2 heterocycles. The number of hydrogen-bond acceptors (Lipinski definition) is 5. The molecule has 1 amide bonds. The lowest BCUT2D eigenvalue weighted by atomic mass is 9.96. The Labute approximate surface area is 170 Å². The summed E-state index contributed by atoms with van der Waals surface area (Å²) in [5.74, 6) is 1.10. The molecule has 3 aromatic rings. The third-order valence-corrected chi connectivity index (χ3v) is 4.97. The van der Waals surface area contributed by atoms with Crippen LogP contribution in [0, 0.1) is 12.3 Å². The molecule has 0 aliphatic carbocycles. The van der Waals surface area contributed by atoms with E-state index >= 15 is 0 Å². The van der Waals surface area contributed by atoms with E-state index in [2.05, 4.69) is 60.6 Å². The smallest absolute Gasteiger partial charge is 0.258 e. The summed E-state index contributed by atoms with van der Waals surface area (Å²) in [5, 5.41) is 10.5. The molecule has 0 bridgehead atoms. The van der Waals surface area contributed by atoms with Crippen LogP contribution in [-0.4, -0.2) is 22.6 Å². The molecule has 29 heavy (non-hydrogen) atoms. The number of aromatic nitrogens is 2. The van der Waals surface area contributed by atoms with Crippen LogP contribution < -0.4 is 10.6 Å². The number of rotatable bonds is 4. The van der Waals surface area contributed by atoms with Gasteiger partial charge in [-0.2, -0.15) is 4.98 Å². The third-order valence-electron chi connectivity index (χ3n) is 4.97. The Morgan fingerprint density at radius 1 is 1.10 bits per heavy atom. The summed E-state index contributed by atoms with van der Waals surface area (Å²) >= 11 is 0. The molecule has 6 heteroatoms. The second kappa shape index (κ2) is 7.35. The van der Waals surface area contributed by atoms with Crippen molar-refractivity contribution in [3.63, 3.8) is 0 Å². The zero-order valence-corrected chi connectivity index (χ0v) is 17.3. The van der Waals surface area contributed by atoms with Gasteiger partial charge in [-0.05, 0) is 66.3 Å². The van der Waals surface area contributed by atoms with Gasteiger partial charge in [-0.3, -0.25) is 4.79 Å².